The first-order valence-corrected chi connectivity index (χ1v) is 6.07. The minimum Gasteiger partial charge on any atom is -0.493 e. The molecule has 0 radical (unpaired) electrons. The van der Waals surface area contributed by atoms with Crippen molar-refractivity contribution in [2.45, 2.75) is 25.1 Å². The van der Waals surface area contributed by atoms with Crippen molar-refractivity contribution < 1.29 is 9.13 Å². The Morgan fingerprint density at radius 1 is 1.47 bits per heavy atom. The molecule has 0 bridgehead atoms. The lowest BCUT2D eigenvalue weighted by molar-refractivity contribution is 0.235. The number of nitriles is 1. The maximum absolute atomic E-state index is 13.0. The molecule has 2 nitrogen and oxygen atoms in total. The largest absolute Gasteiger partial charge is 0.493 e. The van der Waals surface area contributed by atoms with E-state index in [0.29, 0.717) is 24.3 Å². The van der Waals surface area contributed by atoms with Crippen LogP contribution in [0.15, 0.2) is 18.2 Å². The van der Waals surface area contributed by atoms with Crippen molar-refractivity contribution in [1.82, 2.24) is 0 Å². The Morgan fingerprint density at radius 3 is 2.82 bits per heavy atom. The first-order chi connectivity index (χ1) is 8.19. The molecule has 1 aliphatic rings. The van der Waals surface area contributed by atoms with Crippen molar-refractivity contribution in [3.63, 3.8) is 0 Å². The minimum atomic E-state index is -0.314. The van der Waals surface area contributed by atoms with Gasteiger partial charge in [-0.3, -0.25) is 0 Å². The normalized spacial score (nSPS) is 16.3. The van der Waals surface area contributed by atoms with Gasteiger partial charge in [-0.25, -0.2) is 4.39 Å². The number of rotatable bonds is 5. The van der Waals surface area contributed by atoms with E-state index in [1.165, 1.54) is 12.1 Å². The maximum Gasteiger partial charge on any atom is 0.123 e. The Balaban J connectivity index is 2.02. The second-order valence-corrected chi connectivity index (χ2v) is 4.78. The van der Waals surface area contributed by atoms with E-state index in [-0.39, 0.29) is 17.1 Å². The highest BCUT2D eigenvalue weighted by Gasteiger charge is 2.43. The Morgan fingerprint density at radius 2 is 2.24 bits per heavy atom. The molecule has 0 saturated heterocycles. The van der Waals surface area contributed by atoms with Crippen LogP contribution in [0.3, 0.4) is 0 Å². The van der Waals surface area contributed by atoms with E-state index in [9.17, 15) is 4.39 Å². The molecule has 0 N–H and O–H groups in total. The number of nitrogens with zero attached hydrogens (tertiary/aromatic N) is 1. The van der Waals surface area contributed by atoms with Crippen LogP contribution in [0.5, 0.6) is 5.75 Å². The standard InChI is InChI=1S/C13H13ClFNO/c14-8-10-7-11(15)1-2-12(10)17-9-13(3-4-13)5-6-16/h1-2,7H,3-5,8-9H2. The zero-order valence-corrected chi connectivity index (χ0v) is 10.1. The molecule has 17 heavy (non-hydrogen) atoms. The van der Waals surface area contributed by atoms with Crippen LogP contribution in [0, 0.1) is 22.6 Å². The molecule has 1 aromatic rings. The van der Waals surface area contributed by atoms with Gasteiger partial charge in [0.15, 0.2) is 0 Å². The summed E-state index contributed by atoms with van der Waals surface area (Å²) in [5, 5.41) is 8.70. The molecule has 0 aliphatic heterocycles. The SMILES string of the molecule is N#CCC1(COc2ccc(F)cc2CCl)CC1. The van der Waals surface area contributed by atoms with Crippen LogP contribution in [-0.4, -0.2) is 6.61 Å². The second-order valence-electron chi connectivity index (χ2n) is 4.51. The highest BCUT2D eigenvalue weighted by atomic mass is 35.5. The van der Waals surface area contributed by atoms with Crippen LogP contribution in [0.1, 0.15) is 24.8 Å². The van der Waals surface area contributed by atoms with Crippen LogP contribution in [0.4, 0.5) is 4.39 Å². The van der Waals surface area contributed by atoms with Crippen molar-refractivity contribution in [3.8, 4) is 11.8 Å². The second kappa shape index (κ2) is 4.93. The van der Waals surface area contributed by atoms with E-state index in [2.05, 4.69) is 6.07 Å². The predicted molar refractivity (Wildman–Crippen MR) is 63.3 cm³/mol. The van der Waals surface area contributed by atoms with Crippen molar-refractivity contribution in [3.05, 3.63) is 29.6 Å². The third-order valence-electron chi connectivity index (χ3n) is 3.11. The van der Waals surface area contributed by atoms with Crippen LogP contribution >= 0.6 is 11.6 Å². The maximum atomic E-state index is 13.0. The summed E-state index contributed by atoms with van der Waals surface area (Å²) in [6.45, 7) is 0.510. The number of halogens is 2. The zero-order valence-electron chi connectivity index (χ0n) is 9.38. The fourth-order valence-electron chi connectivity index (χ4n) is 1.74. The molecular formula is C13H13ClFNO. The molecule has 0 spiro atoms. The monoisotopic (exact) mass is 253 g/mol. The third-order valence-corrected chi connectivity index (χ3v) is 3.40. The first-order valence-electron chi connectivity index (χ1n) is 5.53. The van der Waals surface area contributed by atoms with Crippen molar-refractivity contribution in [2.24, 2.45) is 5.41 Å². The molecule has 4 heteroatoms. The summed E-state index contributed by atoms with van der Waals surface area (Å²) in [4.78, 5) is 0. The fraction of sp³-hybridized carbons (Fsp3) is 0.462. The molecule has 0 unspecified atom stereocenters. The average molecular weight is 254 g/mol. The number of hydrogen-bond acceptors (Lipinski definition) is 2. The average Bonchev–Trinajstić information content (AvgIpc) is 3.08. The van der Waals surface area contributed by atoms with E-state index >= 15 is 0 Å². The number of benzene rings is 1. The molecule has 1 saturated carbocycles. The number of hydrogen-bond donors (Lipinski definition) is 0. The third kappa shape index (κ3) is 2.89. The van der Waals surface area contributed by atoms with Gasteiger partial charge in [-0.15, -0.1) is 11.6 Å². The lowest BCUT2D eigenvalue weighted by Crippen LogP contribution is -2.13. The van der Waals surface area contributed by atoms with Crippen molar-refractivity contribution in [1.29, 1.82) is 5.26 Å². The molecule has 0 amide bonds. The molecule has 90 valence electrons. The smallest absolute Gasteiger partial charge is 0.123 e. The van der Waals surface area contributed by atoms with Gasteiger partial charge in [-0.1, -0.05) is 0 Å². The van der Waals surface area contributed by atoms with E-state index in [0.717, 1.165) is 12.8 Å². The lowest BCUT2D eigenvalue weighted by atomic mass is 10.1. The molecule has 1 aliphatic carbocycles. The van der Waals surface area contributed by atoms with Gasteiger partial charge in [0.1, 0.15) is 11.6 Å². The Hall–Kier alpha value is -1.27. The zero-order chi connectivity index (χ0) is 12.3. The fourth-order valence-corrected chi connectivity index (χ4v) is 1.95. The van der Waals surface area contributed by atoms with Gasteiger partial charge in [0.2, 0.25) is 0 Å². The summed E-state index contributed by atoms with van der Waals surface area (Å²) in [6.07, 6.45) is 2.57. The lowest BCUT2D eigenvalue weighted by Gasteiger charge is -2.15. The molecule has 0 atom stereocenters. The summed E-state index contributed by atoms with van der Waals surface area (Å²) in [6, 6.07) is 6.51. The van der Waals surface area contributed by atoms with Crippen LogP contribution in [-0.2, 0) is 5.88 Å². The summed E-state index contributed by atoms with van der Waals surface area (Å²) in [5.74, 6) is 0.523. The Labute approximate surface area is 105 Å². The highest BCUT2D eigenvalue weighted by molar-refractivity contribution is 6.17. The summed E-state index contributed by atoms with van der Waals surface area (Å²) < 4.78 is 18.6. The van der Waals surface area contributed by atoms with Gasteiger partial charge in [-0.05, 0) is 31.0 Å². The van der Waals surface area contributed by atoms with E-state index in [4.69, 9.17) is 21.6 Å². The minimum absolute atomic E-state index is 0.0206. The Bertz CT molecular complexity index is 451. The molecule has 1 fully saturated rings. The summed E-state index contributed by atoms with van der Waals surface area (Å²) in [5.41, 5.74) is 0.673. The van der Waals surface area contributed by atoms with Gasteiger partial charge in [0, 0.05) is 17.4 Å². The molecule has 0 aromatic heterocycles. The van der Waals surface area contributed by atoms with Gasteiger partial charge >= 0.3 is 0 Å². The summed E-state index contributed by atoms with van der Waals surface area (Å²) >= 11 is 5.73. The van der Waals surface area contributed by atoms with Gasteiger partial charge in [0.05, 0.1) is 18.6 Å². The first kappa shape index (κ1) is 12.2. The quantitative estimate of drug-likeness (QED) is 0.751. The van der Waals surface area contributed by atoms with E-state index in [1.807, 2.05) is 0 Å². The van der Waals surface area contributed by atoms with Crippen molar-refractivity contribution >= 4 is 11.6 Å². The molecule has 1 aromatic carbocycles. The van der Waals surface area contributed by atoms with Crippen LogP contribution in [0.2, 0.25) is 0 Å². The van der Waals surface area contributed by atoms with Crippen LogP contribution < -0.4 is 4.74 Å². The van der Waals surface area contributed by atoms with E-state index in [1.54, 1.807) is 6.07 Å². The summed E-state index contributed by atoms with van der Waals surface area (Å²) in [7, 11) is 0. The molecule has 0 heterocycles. The Kier molecular flexibility index (Phi) is 3.54. The number of ether oxygens (including phenoxy) is 1. The van der Waals surface area contributed by atoms with Gasteiger partial charge < -0.3 is 4.74 Å². The predicted octanol–water partition coefficient (Wildman–Crippen LogP) is 3.64. The van der Waals surface area contributed by atoms with Gasteiger partial charge in [0.25, 0.3) is 0 Å². The van der Waals surface area contributed by atoms with Gasteiger partial charge in [-0.2, -0.15) is 5.26 Å². The topological polar surface area (TPSA) is 33.0 Å². The highest BCUT2D eigenvalue weighted by Crippen LogP contribution is 2.48. The van der Waals surface area contributed by atoms with Crippen LogP contribution in [0.25, 0.3) is 0 Å². The molecule has 2 rings (SSSR count). The number of alkyl halides is 1. The van der Waals surface area contributed by atoms with E-state index < -0.39 is 0 Å². The molecular weight excluding hydrogens is 241 g/mol. The van der Waals surface area contributed by atoms with Crippen molar-refractivity contribution in [2.75, 3.05) is 6.61 Å².